The van der Waals surface area contributed by atoms with Gasteiger partial charge >= 0.3 is 0 Å². The highest BCUT2D eigenvalue weighted by molar-refractivity contribution is 6.22. The van der Waals surface area contributed by atoms with Gasteiger partial charge < -0.3 is 9.32 Å². The van der Waals surface area contributed by atoms with Crippen molar-refractivity contribution in [2.24, 2.45) is 0 Å². The summed E-state index contributed by atoms with van der Waals surface area (Å²) in [6.07, 6.45) is 0. The van der Waals surface area contributed by atoms with Crippen LogP contribution in [0.25, 0.3) is 77.2 Å². The first-order valence-electron chi connectivity index (χ1n) is 18.4. The van der Waals surface area contributed by atoms with Gasteiger partial charge in [-0.15, -0.1) is 0 Å². The van der Waals surface area contributed by atoms with E-state index in [9.17, 15) is 0 Å². The number of anilines is 3. The molecule has 0 amide bonds. The molecule has 2 nitrogen and oxygen atoms in total. The SMILES string of the molecule is c1ccc(-c2ccc(N(c3ccc(-c4cccc(-c5ccccc5)c4)cc3)c3ccccc3-c3c4ccccc4cc4oc5ccccc5c34)cc2)cc1. The minimum Gasteiger partial charge on any atom is -0.456 e. The zero-order valence-corrected chi connectivity index (χ0v) is 29.6. The van der Waals surface area contributed by atoms with Gasteiger partial charge in [0, 0.05) is 33.3 Å². The van der Waals surface area contributed by atoms with Crippen LogP contribution in [0.5, 0.6) is 0 Å². The second-order valence-electron chi connectivity index (χ2n) is 13.7. The molecule has 9 aromatic carbocycles. The number of hydrogen-bond acceptors (Lipinski definition) is 2. The first-order chi connectivity index (χ1) is 26.8. The maximum Gasteiger partial charge on any atom is 0.136 e. The molecule has 0 bridgehead atoms. The van der Waals surface area contributed by atoms with Gasteiger partial charge in [-0.1, -0.05) is 164 Å². The van der Waals surface area contributed by atoms with E-state index in [1.807, 2.05) is 6.07 Å². The summed E-state index contributed by atoms with van der Waals surface area (Å²) in [5.74, 6) is 0. The van der Waals surface area contributed by atoms with Crippen molar-refractivity contribution in [2.75, 3.05) is 4.90 Å². The third kappa shape index (κ3) is 5.62. The van der Waals surface area contributed by atoms with Gasteiger partial charge in [0.1, 0.15) is 11.2 Å². The zero-order valence-electron chi connectivity index (χ0n) is 29.6. The summed E-state index contributed by atoms with van der Waals surface area (Å²) in [6.45, 7) is 0. The predicted molar refractivity (Wildman–Crippen MR) is 228 cm³/mol. The smallest absolute Gasteiger partial charge is 0.136 e. The van der Waals surface area contributed by atoms with E-state index < -0.39 is 0 Å². The lowest BCUT2D eigenvalue weighted by atomic mass is 9.91. The van der Waals surface area contributed by atoms with E-state index in [1.54, 1.807) is 0 Å². The summed E-state index contributed by atoms with van der Waals surface area (Å²) in [5, 5.41) is 4.58. The van der Waals surface area contributed by atoms with Crippen LogP contribution in [0.2, 0.25) is 0 Å². The second-order valence-corrected chi connectivity index (χ2v) is 13.7. The normalized spacial score (nSPS) is 11.3. The third-order valence-electron chi connectivity index (χ3n) is 10.5. The molecule has 0 spiro atoms. The molecule has 254 valence electrons. The van der Waals surface area contributed by atoms with Gasteiger partial charge in [-0.2, -0.15) is 0 Å². The lowest BCUT2D eigenvalue weighted by Gasteiger charge is -2.29. The molecule has 1 aromatic heterocycles. The van der Waals surface area contributed by atoms with E-state index in [0.29, 0.717) is 0 Å². The predicted octanol–water partition coefficient (Wildman–Crippen LogP) is 14.9. The molecule has 0 fully saturated rings. The fourth-order valence-electron chi connectivity index (χ4n) is 7.88. The quantitative estimate of drug-likeness (QED) is 0.166. The molecule has 10 aromatic rings. The Balaban J connectivity index is 1.16. The molecule has 0 aliphatic rings. The number of para-hydroxylation sites is 2. The molecule has 2 heteroatoms. The second kappa shape index (κ2) is 13.4. The molecule has 0 radical (unpaired) electrons. The molecule has 0 saturated carbocycles. The standard InChI is InChI=1S/C52H35NO/c1-3-14-36(15-4-1)38-26-30-43(31-27-38)53(44-32-28-39(29-33-44)41-20-13-19-40(34-41)37-16-5-2-6-17-37)48-24-11-9-22-46(48)51-45-21-8-7-18-42(45)35-50-52(51)47-23-10-12-25-49(47)54-50/h1-35H. The van der Waals surface area contributed by atoms with E-state index in [1.165, 1.54) is 44.3 Å². The fraction of sp³-hybridized carbons (Fsp3) is 0. The van der Waals surface area contributed by atoms with Crippen LogP contribution < -0.4 is 4.90 Å². The van der Waals surface area contributed by atoms with Crippen molar-refractivity contribution in [1.82, 2.24) is 0 Å². The molecule has 1 heterocycles. The molecule has 0 aliphatic carbocycles. The van der Waals surface area contributed by atoms with Crippen LogP contribution in [0.3, 0.4) is 0 Å². The highest BCUT2D eigenvalue weighted by Crippen LogP contribution is 2.48. The Kier molecular flexibility index (Phi) is 7.85. The molecule has 0 N–H and O–H groups in total. The Bertz CT molecular complexity index is 2910. The van der Waals surface area contributed by atoms with Crippen LogP contribution in [0.4, 0.5) is 17.1 Å². The highest BCUT2D eigenvalue weighted by Gasteiger charge is 2.22. The van der Waals surface area contributed by atoms with E-state index in [4.69, 9.17) is 4.42 Å². The number of rotatable bonds is 7. The topological polar surface area (TPSA) is 16.4 Å². The van der Waals surface area contributed by atoms with E-state index in [2.05, 4.69) is 211 Å². The molecular formula is C52H35NO. The molecule has 0 aliphatic heterocycles. The Morgan fingerprint density at radius 1 is 0.333 bits per heavy atom. The van der Waals surface area contributed by atoms with Crippen molar-refractivity contribution in [3.63, 3.8) is 0 Å². The first-order valence-corrected chi connectivity index (χ1v) is 18.4. The average Bonchev–Trinajstić information content (AvgIpc) is 3.62. The van der Waals surface area contributed by atoms with Gasteiger partial charge in [-0.05, 0) is 92.7 Å². The number of benzene rings is 9. The number of nitrogens with zero attached hydrogens (tertiary/aromatic N) is 1. The Morgan fingerprint density at radius 3 is 1.52 bits per heavy atom. The largest absolute Gasteiger partial charge is 0.456 e. The summed E-state index contributed by atoms with van der Waals surface area (Å²) in [6, 6.07) is 75.8. The Morgan fingerprint density at radius 2 is 0.833 bits per heavy atom. The van der Waals surface area contributed by atoms with Gasteiger partial charge in [-0.25, -0.2) is 0 Å². The summed E-state index contributed by atoms with van der Waals surface area (Å²) in [5.41, 5.74) is 14.5. The third-order valence-corrected chi connectivity index (χ3v) is 10.5. The minimum absolute atomic E-state index is 0.889. The molecule has 0 unspecified atom stereocenters. The monoisotopic (exact) mass is 689 g/mol. The van der Waals surface area contributed by atoms with E-state index in [-0.39, 0.29) is 0 Å². The summed E-state index contributed by atoms with van der Waals surface area (Å²) < 4.78 is 6.53. The molecule has 0 saturated heterocycles. The summed E-state index contributed by atoms with van der Waals surface area (Å²) in [7, 11) is 0. The summed E-state index contributed by atoms with van der Waals surface area (Å²) in [4.78, 5) is 2.39. The lowest BCUT2D eigenvalue weighted by molar-refractivity contribution is 0.669. The number of fused-ring (bicyclic) bond motifs is 4. The fourth-order valence-corrected chi connectivity index (χ4v) is 7.88. The summed E-state index contributed by atoms with van der Waals surface area (Å²) >= 11 is 0. The number of hydrogen-bond donors (Lipinski definition) is 0. The maximum atomic E-state index is 6.53. The van der Waals surface area contributed by atoms with Crippen molar-refractivity contribution >= 4 is 49.8 Å². The maximum absolute atomic E-state index is 6.53. The number of furan rings is 1. The molecular weight excluding hydrogens is 655 g/mol. The molecule has 10 rings (SSSR count). The van der Waals surface area contributed by atoms with Gasteiger partial charge in [0.05, 0.1) is 5.69 Å². The van der Waals surface area contributed by atoms with Crippen LogP contribution >= 0.6 is 0 Å². The molecule has 54 heavy (non-hydrogen) atoms. The van der Waals surface area contributed by atoms with Crippen molar-refractivity contribution < 1.29 is 4.42 Å². The first kappa shape index (κ1) is 31.6. The van der Waals surface area contributed by atoms with E-state index >= 15 is 0 Å². The van der Waals surface area contributed by atoms with Crippen LogP contribution in [0.1, 0.15) is 0 Å². The van der Waals surface area contributed by atoms with Crippen molar-refractivity contribution in [3.05, 3.63) is 212 Å². The zero-order chi connectivity index (χ0) is 35.8. The van der Waals surface area contributed by atoms with Gasteiger partial charge in [0.2, 0.25) is 0 Å². The minimum atomic E-state index is 0.889. The van der Waals surface area contributed by atoms with Crippen LogP contribution in [-0.2, 0) is 0 Å². The van der Waals surface area contributed by atoms with Crippen molar-refractivity contribution in [3.8, 4) is 44.5 Å². The van der Waals surface area contributed by atoms with Crippen LogP contribution in [0.15, 0.2) is 217 Å². The van der Waals surface area contributed by atoms with Gasteiger partial charge in [-0.3, -0.25) is 0 Å². The lowest BCUT2D eigenvalue weighted by Crippen LogP contribution is -2.11. The van der Waals surface area contributed by atoms with Crippen molar-refractivity contribution in [2.45, 2.75) is 0 Å². The van der Waals surface area contributed by atoms with Gasteiger partial charge in [0.25, 0.3) is 0 Å². The Hall–Kier alpha value is -7.16. The van der Waals surface area contributed by atoms with Crippen LogP contribution in [0, 0.1) is 0 Å². The van der Waals surface area contributed by atoms with Crippen molar-refractivity contribution in [1.29, 1.82) is 0 Å². The Labute approximate surface area is 314 Å². The van der Waals surface area contributed by atoms with Gasteiger partial charge in [0.15, 0.2) is 0 Å². The average molecular weight is 690 g/mol. The van der Waals surface area contributed by atoms with E-state index in [0.717, 1.165) is 50.0 Å². The molecule has 0 atom stereocenters. The van der Waals surface area contributed by atoms with Crippen LogP contribution in [-0.4, -0.2) is 0 Å². The highest BCUT2D eigenvalue weighted by atomic mass is 16.3.